The van der Waals surface area contributed by atoms with E-state index in [9.17, 15) is 5.26 Å². The average Bonchev–Trinajstić information content (AvgIpc) is 3.82. The second-order valence-electron chi connectivity index (χ2n) is 16.2. The lowest BCUT2D eigenvalue weighted by molar-refractivity contribution is 1.18. The maximum absolute atomic E-state index is 9.35. The average molecular weight is 745 g/mol. The fourth-order valence-corrected chi connectivity index (χ4v) is 9.88. The quantitative estimate of drug-likeness (QED) is 0.238. The number of para-hydroxylation sites is 1. The fourth-order valence-electron chi connectivity index (χ4n) is 9.88. The van der Waals surface area contributed by atoms with Crippen LogP contribution in [0.25, 0.3) is 88.4 Å². The van der Waals surface area contributed by atoms with Crippen LogP contribution in [0.15, 0.2) is 146 Å². The first-order chi connectivity index (χ1) is 28.7. The molecule has 10 rings (SSSR count). The number of fused-ring (bicyclic) bond motifs is 6. The summed E-state index contributed by atoms with van der Waals surface area (Å²) >= 11 is 0. The lowest BCUT2D eigenvalue weighted by Gasteiger charge is -2.19. The van der Waals surface area contributed by atoms with Crippen LogP contribution in [0.3, 0.4) is 0 Å². The highest BCUT2D eigenvalue weighted by Gasteiger charge is 2.25. The lowest BCUT2D eigenvalue weighted by atomic mass is 9.64. The molecular formula is C49H38B7N3. The van der Waals surface area contributed by atoms with Crippen molar-refractivity contribution in [3.8, 4) is 50.8 Å². The van der Waals surface area contributed by atoms with Crippen molar-refractivity contribution < 1.29 is 0 Å². The molecule has 0 saturated heterocycles. The third kappa shape index (κ3) is 5.52. The zero-order valence-corrected chi connectivity index (χ0v) is 34.7. The zero-order chi connectivity index (χ0) is 40.7. The molecule has 2 aromatic heterocycles. The Labute approximate surface area is 351 Å². The van der Waals surface area contributed by atoms with E-state index in [-0.39, 0.29) is 0 Å². The molecular weight excluding hydrogens is 706 g/mol. The van der Waals surface area contributed by atoms with Gasteiger partial charge >= 0.3 is 0 Å². The van der Waals surface area contributed by atoms with Crippen LogP contribution in [0, 0.1) is 11.3 Å². The second kappa shape index (κ2) is 14.0. The van der Waals surface area contributed by atoms with E-state index in [1.165, 1.54) is 104 Å². The van der Waals surface area contributed by atoms with Gasteiger partial charge in [-0.3, -0.25) is 0 Å². The zero-order valence-electron chi connectivity index (χ0n) is 34.7. The maximum atomic E-state index is 9.35. The van der Waals surface area contributed by atoms with Crippen LogP contribution in [0.1, 0.15) is 5.56 Å². The summed E-state index contributed by atoms with van der Waals surface area (Å²) in [7, 11) is 16.1. The number of nitriles is 1. The molecule has 0 fully saturated rings. The SMILES string of the molecule is Bc1c(B)c(B)c2c(c1B)c1c(B)c(-c3ccc4c(c3)c3c(-c5ccccc5)cccc3n4-c3ccccc3)c(B)c(B)c1n2-c1ccc(-c2ccc(C#N)cc2)cc1. The Bertz CT molecular complexity index is 3380. The maximum Gasteiger partial charge on any atom is 0.141 e. The van der Waals surface area contributed by atoms with Gasteiger partial charge in [0.1, 0.15) is 54.9 Å². The van der Waals surface area contributed by atoms with Crippen molar-refractivity contribution in [2.45, 2.75) is 0 Å². The first kappa shape index (κ1) is 36.6. The molecule has 0 unspecified atom stereocenters. The predicted molar refractivity (Wildman–Crippen MR) is 273 cm³/mol. The van der Waals surface area contributed by atoms with Crippen molar-refractivity contribution in [3.05, 3.63) is 151 Å². The van der Waals surface area contributed by atoms with E-state index in [0.29, 0.717) is 5.56 Å². The summed E-state index contributed by atoms with van der Waals surface area (Å²) in [5, 5.41) is 14.5. The molecule has 8 aromatic carbocycles. The number of nitrogens with zero attached hydrogens (tertiary/aromatic N) is 3. The number of rotatable bonds is 5. The number of hydrogen-bond donors (Lipinski definition) is 0. The van der Waals surface area contributed by atoms with Crippen molar-refractivity contribution >= 4 is 137 Å². The summed E-state index contributed by atoms with van der Waals surface area (Å²) < 4.78 is 4.95. The lowest BCUT2D eigenvalue weighted by Crippen LogP contribution is -2.48. The van der Waals surface area contributed by atoms with Crippen LogP contribution in [-0.2, 0) is 0 Å². The van der Waals surface area contributed by atoms with Gasteiger partial charge in [0.05, 0.1) is 22.7 Å². The highest BCUT2D eigenvalue weighted by Crippen LogP contribution is 2.40. The number of hydrogen-bond acceptors (Lipinski definition) is 1. The summed E-state index contributed by atoms with van der Waals surface area (Å²) in [4.78, 5) is 0. The molecule has 0 aliphatic heterocycles. The summed E-state index contributed by atoms with van der Waals surface area (Å²) in [6.45, 7) is 0. The Morgan fingerprint density at radius 2 is 0.949 bits per heavy atom. The van der Waals surface area contributed by atoms with Crippen molar-refractivity contribution in [3.63, 3.8) is 0 Å². The number of aromatic nitrogens is 2. The van der Waals surface area contributed by atoms with Crippen molar-refractivity contribution in [2.24, 2.45) is 0 Å². The van der Waals surface area contributed by atoms with Gasteiger partial charge in [0.25, 0.3) is 0 Å². The van der Waals surface area contributed by atoms with Crippen LogP contribution in [0.4, 0.5) is 0 Å². The van der Waals surface area contributed by atoms with Gasteiger partial charge in [0.15, 0.2) is 0 Å². The van der Waals surface area contributed by atoms with Gasteiger partial charge in [0, 0.05) is 38.6 Å². The molecule has 0 amide bonds. The first-order valence-corrected chi connectivity index (χ1v) is 20.5. The van der Waals surface area contributed by atoms with E-state index >= 15 is 0 Å². The molecule has 0 bridgehead atoms. The highest BCUT2D eigenvalue weighted by molar-refractivity contribution is 6.69. The van der Waals surface area contributed by atoms with E-state index in [0.717, 1.165) is 22.5 Å². The van der Waals surface area contributed by atoms with E-state index in [2.05, 4.69) is 191 Å². The van der Waals surface area contributed by atoms with Gasteiger partial charge in [0.2, 0.25) is 0 Å². The summed E-state index contributed by atoms with van der Waals surface area (Å²) in [6.07, 6.45) is 0. The molecule has 10 aromatic rings. The molecule has 2 heterocycles. The second-order valence-corrected chi connectivity index (χ2v) is 16.2. The highest BCUT2D eigenvalue weighted by atomic mass is 15.0. The third-order valence-electron chi connectivity index (χ3n) is 13.3. The molecule has 0 N–H and O–H groups in total. The number of benzene rings is 8. The van der Waals surface area contributed by atoms with Gasteiger partial charge in [-0.15, -0.1) is 5.46 Å². The Morgan fingerprint density at radius 1 is 0.390 bits per heavy atom. The smallest absolute Gasteiger partial charge is 0.141 e. The van der Waals surface area contributed by atoms with Gasteiger partial charge in [-0.2, -0.15) is 5.26 Å². The minimum Gasteiger partial charge on any atom is -0.310 e. The first-order valence-electron chi connectivity index (χ1n) is 20.5. The van der Waals surface area contributed by atoms with E-state index < -0.39 is 0 Å². The van der Waals surface area contributed by atoms with Crippen LogP contribution < -0.4 is 38.2 Å². The summed E-state index contributed by atoms with van der Waals surface area (Å²) in [6, 6.07) is 54.5. The minimum atomic E-state index is 0.670. The topological polar surface area (TPSA) is 33.6 Å². The predicted octanol–water partition coefficient (Wildman–Crippen LogP) is 0.562. The molecule has 0 saturated carbocycles. The summed E-state index contributed by atoms with van der Waals surface area (Å²) in [5.41, 5.74) is 24.4. The van der Waals surface area contributed by atoms with Gasteiger partial charge < -0.3 is 9.13 Å². The molecule has 3 nitrogen and oxygen atoms in total. The van der Waals surface area contributed by atoms with E-state index in [1.54, 1.807) is 0 Å². The molecule has 0 atom stereocenters. The third-order valence-corrected chi connectivity index (χ3v) is 13.3. The normalized spacial score (nSPS) is 11.5. The Hall–Kier alpha value is -6.70. The van der Waals surface area contributed by atoms with Gasteiger partial charge in [-0.1, -0.05) is 124 Å². The minimum absolute atomic E-state index is 0.670. The van der Waals surface area contributed by atoms with Crippen molar-refractivity contribution in [2.75, 3.05) is 0 Å². The van der Waals surface area contributed by atoms with Crippen molar-refractivity contribution in [1.29, 1.82) is 5.26 Å². The molecule has 0 radical (unpaired) electrons. The molecule has 0 aliphatic carbocycles. The van der Waals surface area contributed by atoms with Gasteiger partial charge in [-0.25, -0.2) is 0 Å². The fraction of sp³-hybridized carbons (Fsp3) is 0. The van der Waals surface area contributed by atoms with Crippen molar-refractivity contribution in [1.82, 2.24) is 9.13 Å². The van der Waals surface area contributed by atoms with E-state index in [4.69, 9.17) is 0 Å². The Kier molecular flexibility index (Phi) is 8.69. The van der Waals surface area contributed by atoms with Crippen LogP contribution in [0.2, 0.25) is 0 Å². The van der Waals surface area contributed by atoms with Crippen LogP contribution in [-0.4, -0.2) is 64.1 Å². The van der Waals surface area contributed by atoms with E-state index in [1.807, 2.05) is 24.3 Å². The van der Waals surface area contributed by atoms with Crippen LogP contribution >= 0.6 is 0 Å². The Morgan fingerprint density at radius 3 is 1.61 bits per heavy atom. The standard InChI is InChI=1S/C49H38B7N3/c50-41-37(30-20-23-35-34(24-30)38-33(29-8-3-1-4-9-29)12-7-13-36(38)58(35)31-10-5-2-6-11-31)42(51)46(55)48-39(41)40-43(52)44(53)45(54)47(56)49(40)59(48)32-21-18-28(19-22-32)27-16-14-26(25-57)15-17-27/h1-24H,50-56H2. The van der Waals surface area contributed by atoms with Crippen LogP contribution in [0.5, 0.6) is 0 Å². The monoisotopic (exact) mass is 745 g/mol. The largest absolute Gasteiger partial charge is 0.310 e. The molecule has 270 valence electrons. The Balaban J connectivity index is 1.26. The molecule has 0 spiro atoms. The summed E-state index contributed by atoms with van der Waals surface area (Å²) in [5.74, 6) is 0. The van der Waals surface area contributed by atoms with Gasteiger partial charge in [-0.05, 0) is 93.4 Å². The molecule has 0 aliphatic rings. The molecule has 59 heavy (non-hydrogen) atoms. The molecule has 10 heteroatoms.